The lowest BCUT2D eigenvalue weighted by atomic mass is 10.1. The van der Waals surface area contributed by atoms with Crippen molar-refractivity contribution in [3.63, 3.8) is 0 Å². The van der Waals surface area contributed by atoms with Gasteiger partial charge in [-0.15, -0.1) is 0 Å². The number of carbonyl (C=O) groups excluding carboxylic acids is 2. The third kappa shape index (κ3) is 6.40. The fourth-order valence-electron chi connectivity index (χ4n) is 3.33. The highest BCUT2D eigenvalue weighted by Gasteiger charge is 2.26. The second-order valence-electron chi connectivity index (χ2n) is 7.73. The van der Waals surface area contributed by atoms with Crippen molar-refractivity contribution >= 4 is 11.8 Å². The van der Waals surface area contributed by atoms with E-state index in [4.69, 9.17) is 9.26 Å². The van der Waals surface area contributed by atoms with Crippen LogP contribution in [-0.4, -0.2) is 79.8 Å². The number of likely N-dealkylation sites (N-methyl/N-ethyl adjacent to an activating group) is 1. The van der Waals surface area contributed by atoms with Gasteiger partial charge in [0, 0.05) is 50.8 Å². The Balaban J connectivity index is 1.63. The molecule has 2 amide bonds. The molecule has 0 radical (unpaired) electrons. The van der Waals surface area contributed by atoms with Crippen LogP contribution in [-0.2, 0) is 9.53 Å². The maximum Gasteiger partial charge on any atom is 0.276 e. The quantitative estimate of drug-likeness (QED) is 0.640. The number of hydrogen-bond donors (Lipinski definition) is 1. The molecule has 1 atom stereocenters. The predicted molar refractivity (Wildman–Crippen MR) is 113 cm³/mol. The Hall–Kier alpha value is -2.71. The van der Waals surface area contributed by atoms with Crippen LogP contribution in [0.1, 0.15) is 29.8 Å². The highest BCUT2D eigenvalue weighted by molar-refractivity contribution is 5.93. The third-order valence-electron chi connectivity index (χ3n) is 5.01. The Labute approximate surface area is 177 Å². The highest BCUT2D eigenvalue weighted by atomic mass is 16.5. The predicted octanol–water partition coefficient (Wildman–Crippen LogP) is 2.03. The monoisotopic (exact) mass is 414 g/mol. The van der Waals surface area contributed by atoms with Gasteiger partial charge in [0.1, 0.15) is 0 Å². The van der Waals surface area contributed by atoms with Crippen molar-refractivity contribution < 1.29 is 18.8 Å². The number of hydrogen-bond acceptors (Lipinski definition) is 6. The molecule has 0 bridgehead atoms. The van der Waals surface area contributed by atoms with E-state index in [1.54, 1.807) is 11.0 Å². The first-order valence-electron chi connectivity index (χ1n) is 10.4. The molecule has 1 aliphatic rings. The summed E-state index contributed by atoms with van der Waals surface area (Å²) in [5, 5.41) is 6.85. The minimum absolute atomic E-state index is 0.00810. The molecule has 1 fully saturated rings. The molecule has 1 N–H and O–H groups in total. The van der Waals surface area contributed by atoms with Gasteiger partial charge in [0.25, 0.3) is 5.91 Å². The average Bonchev–Trinajstić information content (AvgIpc) is 3.43. The summed E-state index contributed by atoms with van der Waals surface area (Å²) in [6.45, 7) is 2.80. The zero-order chi connectivity index (χ0) is 21.3. The van der Waals surface area contributed by atoms with Gasteiger partial charge < -0.3 is 24.4 Å². The van der Waals surface area contributed by atoms with Crippen LogP contribution in [0.3, 0.4) is 0 Å². The van der Waals surface area contributed by atoms with Gasteiger partial charge in [-0.2, -0.15) is 0 Å². The zero-order valence-corrected chi connectivity index (χ0v) is 17.7. The van der Waals surface area contributed by atoms with Gasteiger partial charge >= 0.3 is 0 Å². The first-order valence-corrected chi connectivity index (χ1v) is 10.4. The molecule has 1 aromatic heterocycles. The summed E-state index contributed by atoms with van der Waals surface area (Å²) in [6, 6.07) is 11.2. The van der Waals surface area contributed by atoms with E-state index in [1.165, 1.54) is 0 Å². The van der Waals surface area contributed by atoms with Gasteiger partial charge in [0.15, 0.2) is 11.5 Å². The molecule has 0 aliphatic carbocycles. The molecule has 30 heavy (non-hydrogen) atoms. The van der Waals surface area contributed by atoms with Gasteiger partial charge in [-0.05, 0) is 26.9 Å². The van der Waals surface area contributed by atoms with Crippen LogP contribution in [0.4, 0.5) is 0 Å². The largest absolute Gasteiger partial charge is 0.376 e. The average molecular weight is 415 g/mol. The Morgan fingerprint density at radius 2 is 2.00 bits per heavy atom. The summed E-state index contributed by atoms with van der Waals surface area (Å²) in [7, 11) is 3.91. The minimum atomic E-state index is -0.252. The number of amides is 2. The van der Waals surface area contributed by atoms with Crippen LogP contribution in [0.2, 0.25) is 0 Å². The lowest BCUT2D eigenvalue weighted by Gasteiger charge is -2.24. The SMILES string of the molecule is CN(C)CCNC(=O)CCN(C[C@@H]1CCCO1)C(=O)c1cc(-c2ccccc2)on1. The molecule has 1 saturated heterocycles. The number of aromatic nitrogens is 1. The first-order chi connectivity index (χ1) is 14.5. The van der Waals surface area contributed by atoms with E-state index in [2.05, 4.69) is 10.5 Å². The molecular weight excluding hydrogens is 384 g/mol. The van der Waals surface area contributed by atoms with Gasteiger partial charge in [0.2, 0.25) is 5.91 Å². The fourth-order valence-corrected chi connectivity index (χ4v) is 3.33. The van der Waals surface area contributed by atoms with Gasteiger partial charge in [-0.25, -0.2) is 0 Å². The molecule has 0 spiro atoms. The minimum Gasteiger partial charge on any atom is -0.376 e. The lowest BCUT2D eigenvalue weighted by molar-refractivity contribution is -0.121. The topological polar surface area (TPSA) is 87.9 Å². The molecule has 0 saturated carbocycles. The fraction of sp³-hybridized carbons (Fsp3) is 0.500. The van der Waals surface area contributed by atoms with Crippen molar-refractivity contribution in [2.24, 2.45) is 0 Å². The van der Waals surface area contributed by atoms with E-state index in [0.717, 1.165) is 24.9 Å². The Morgan fingerprint density at radius 1 is 1.20 bits per heavy atom. The van der Waals surface area contributed by atoms with E-state index in [0.29, 0.717) is 32.0 Å². The van der Waals surface area contributed by atoms with Gasteiger partial charge in [-0.3, -0.25) is 9.59 Å². The van der Waals surface area contributed by atoms with Gasteiger partial charge in [-0.1, -0.05) is 35.5 Å². The smallest absolute Gasteiger partial charge is 0.276 e. The van der Waals surface area contributed by atoms with Crippen molar-refractivity contribution in [2.75, 3.05) is 46.9 Å². The molecule has 8 nitrogen and oxygen atoms in total. The molecule has 162 valence electrons. The number of rotatable bonds is 10. The highest BCUT2D eigenvalue weighted by Crippen LogP contribution is 2.21. The van der Waals surface area contributed by atoms with E-state index in [9.17, 15) is 9.59 Å². The number of carbonyl (C=O) groups is 2. The molecule has 1 aliphatic heterocycles. The molecule has 2 heterocycles. The molecule has 0 unspecified atom stereocenters. The Bertz CT molecular complexity index is 816. The van der Waals surface area contributed by atoms with Crippen molar-refractivity contribution in [1.29, 1.82) is 0 Å². The summed E-state index contributed by atoms with van der Waals surface area (Å²) in [6.07, 6.45) is 2.12. The molecule has 8 heteroatoms. The van der Waals surface area contributed by atoms with E-state index in [1.807, 2.05) is 49.3 Å². The van der Waals surface area contributed by atoms with E-state index >= 15 is 0 Å². The van der Waals surface area contributed by atoms with Crippen molar-refractivity contribution in [2.45, 2.75) is 25.4 Å². The second kappa shape index (κ2) is 10.9. The number of benzene rings is 1. The summed E-state index contributed by atoms with van der Waals surface area (Å²) in [5.41, 5.74) is 1.09. The van der Waals surface area contributed by atoms with Crippen LogP contribution < -0.4 is 5.32 Å². The summed E-state index contributed by atoms with van der Waals surface area (Å²) in [4.78, 5) is 28.9. The molecule has 3 rings (SSSR count). The van der Waals surface area contributed by atoms with Crippen LogP contribution in [0.5, 0.6) is 0 Å². The second-order valence-corrected chi connectivity index (χ2v) is 7.73. The number of ether oxygens (including phenoxy) is 1. The van der Waals surface area contributed by atoms with Crippen LogP contribution in [0.15, 0.2) is 40.9 Å². The third-order valence-corrected chi connectivity index (χ3v) is 5.01. The van der Waals surface area contributed by atoms with Crippen LogP contribution >= 0.6 is 0 Å². The van der Waals surface area contributed by atoms with E-state index < -0.39 is 0 Å². The van der Waals surface area contributed by atoms with Crippen molar-refractivity contribution in [1.82, 2.24) is 20.3 Å². The molecule has 2 aromatic rings. The van der Waals surface area contributed by atoms with Crippen LogP contribution in [0, 0.1) is 0 Å². The first kappa shape index (κ1) is 22.0. The maximum atomic E-state index is 13.1. The normalized spacial score (nSPS) is 16.0. The van der Waals surface area contributed by atoms with Crippen molar-refractivity contribution in [3.8, 4) is 11.3 Å². The summed E-state index contributed by atoms with van der Waals surface area (Å²) >= 11 is 0. The Morgan fingerprint density at radius 3 is 2.70 bits per heavy atom. The van der Waals surface area contributed by atoms with Gasteiger partial charge in [0.05, 0.1) is 6.10 Å². The lowest BCUT2D eigenvalue weighted by Crippen LogP contribution is -2.40. The van der Waals surface area contributed by atoms with E-state index in [-0.39, 0.29) is 30.0 Å². The van der Waals surface area contributed by atoms with Crippen molar-refractivity contribution in [3.05, 3.63) is 42.1 Å². The summed E-state index contributed by atoms with van der Waals surface area (Å²) < 4.78 is 11.1. The van der Waals surface area contributed by atoms with Crippen LogP contribution in [0.25, 0.3) is 11.3 Å². The maximum absolute atomic E-state index is 13.1. The molecule has 1 aromatic carbocycles. The number of nitrogens with one attached hydrogen (secondary N) is 1. The Kier molecular flexibility index (Phi) is 7.98. The molecular formula is C22H30N4O4. The zero-order valence-electron chi connectivity index (χ0n) is 17.7. The summed E-state index contributed by atoms with van der Waals surface area (Å²) in [5.74, 6) is 0.210. The standard InChI is InChI=1S/C22H30N4O4/c1-25(2)13-11-23-21(27)10-12-26(16-18-9-6-14-29-18)22(28)19-15-20(30-24-19)17-7-4-3-5-8-17/h3-5,7-8,15,18H,6,9-14,16H2,1-2H3,(H,23,27)/t18-/m0/s1. The number of nitrogens with zero attached hydrogens (tertiary/aromatic N) is 3.